The fourth-order valence-electron chi connectivity index (χ4n) is 2.18. The zero-order chi connectivity index (χ0) is 16.9. The highest BCUT2D eigenvalue weighted by Crippen LogP contribution is 2.26. The quantitative estimate of drug-likeness (QED) is 0.705. The summed E-state index contributed by atoms with van der Waals surface area (Å²) in [6.45, 7) is 2.24. The van der Waals surface area contributed by atoms with E-state index >= 15 is 0 Å². The summed E-state index contributed by atoms with van der Waals surface area (Å²) in [4.78, 5) is 12.1. The molecule has 0 spiro atoms. The van der Waals surface area contributed by atoms with Crippen molar-refractivity contribution in [3.8, 4) is 11.4 Å². The van der Waals surface area contributed by atoms with Gasteiger partial charge in [0.25, 0.3) is 0 Å². The summed E-state index contributed by atoms with van der Waals surface area (Å²) in [5.41, 5.74) is 1.28. The fourth-order valence-corrected chi connectivity index (χ4v) is 2.18. The summed E-state index contributed by atoms with van der Waals surface area (Å²) in [6.07, 6.45) is 3.57. The number of methoxy groups -OCH3 is 1. The van der Waals surface area contributed by atoms with Crippen LogP contribution < -0.4 is 10.1 Å². The van der Waals surface area contributed by atoms with Crippen LogP contribution in [0.25, 0.3) is 5.69 Å². The van der Waals surface area contributed by atoms with Crippen molar-refractivity contribution in [1.29, 1.82) is 0 Å². The zero-order valence-electron chi connectivity index (χ0n) is 13.2. The summed E-state index contributed by atoms with van der Waals surface area (Å²) in [7, 11) is 1.56. The van der Waals surface area contributed by atoms with Crippen LogP contribution in [-0.2, 0) is 11.3 Å². The topological polar surface area (TPSA) is 113 Å². The van der Waals surface area contributed by atoms with E-state index in [1.165, 1.54) is 0 Å². The molecule has 10 nitrogen and oxygen atoms in total. The Morgan fingerprint density at radius 2 is 2.21 bits per heavy atom. The van der Waals surface area contributed by atoms with E-state index < -0.39 is 0 Å². The number of anilines is 1. The largest absolute Gasteiger partial charge is 0.494 e. The van der Waals surface area contributed by atoms with Crippen LogP contribution in [0.3, 0.4) is 0 Å². The van der Waals surface area contributed by atoms with Crippen molar-refractivity contribution < 1.29 is 9.53 Å². The molecule has 0 saturated carbocycles. The van der Waals surface area contributed by atoms with E-state index in [1.807, 2.05) is 0 Å². The van der Waals surface area contributed by atoms with Gasteiger partial charge in [-0.25, -0.2) is 0 Å². The van der Waals surface area contributed by atoms with E-state index in [1.54, 1.807) is 54.0 Å². The van der Waals surface area contributed by atoms with Crippen LogP contribution in [0.4, 0.5) is 5.69 Å². The molecule has 0 unspecified atom stereocenters. The van der Waals surface area contributed by atoms with Crippen LogP contribution in [-0.4, -0.2) is 48.2 Å². The standard InChI is InChI=1S/C14H16N8O2/c1-10-17-18-20-22(10)12-9-11(3-4-13(12)24-2)16-14(23)5-7-21-8-6-15-19-21/h3-4,6,8-9H,5,7H2,1-2H3,(H,16,23). The molecule has 0 saturated heterocycles. The molecule has 0 atom stereocenters. The number of amides is 1. The number of ether oxygens (including phenoxy) is 1. The monoisotopic (exact) mass is 328 g/mol. The first-order valence-electron chi connectivity index (χ1n) is 7.24. The number of hydrogen-bond donors (Lipinski definition) is 1. The third-order valence-electron chi connectivity index (χ3n) is 3.36. The average molecular weight is 328 g/mol. The van der Waals surface area contributed by atoms with Crippen LogP contribution in [0, 0.1) is 6.92 Å². The second-order valence-electron chi connectivity index (χ2n) is 4.99. The minimum absolute atomic E-state index is 0.130. The number of hydrogen-bond acceptors (Lipinski definition) is 7. The lowest BCUT2D eigenvalue weighted by molar-refractivity contribution is -0.116. The maximum absolute atomic E-state index is 12.1. The molecule has 3 rings (SSSR count). The molecule has 1 aromatic carbocycles. The van der Waals surface area contributed by atoms with Gasteiger partial charge in [-0.2, -0.15) is 4.68 Å². The van der Waals surface area contributed by atoms with E-state index in [9.17, 15) is 4.79 Å². The Balaban J connectivity index is 1.74. The molecule has 1 N–H and O–H groups in total. The highest BCUT2D eigenvalue weighted by Gasteiger charge is 2.12. The number of aromatic nitrogens is 7. The highest BCUT2D eigenvalue weighted by molar-refractivity contribution is 5.91. The molecule has 0 aliphatic heterocycles. The van der Waals surface area contributed by atoms with Crippen molar-refractivity contribution in [2.45, 2.75) is 19.9 Å². The molecule has 124 valence electrons. The van der Waals surface area contributed by atoms with Crippen molar-refractivity contribution in [1.82, 2.24) is 35.2 Å². The summed E-state index contributed by atoms with van der Waals surface area (Å²) in [5.74, 6) is 1.09. The normalized spacial score (nSPS) is 10.6. The maximum atomic E-state index is 12.1. The van der Waals surface area contributed by atoms with Gasteiger partial charge in [0.2, 0.25) is 5.91 Å². The lowest BCUT2D eigenvalue weighted by Gasteiger charge is -2.11. The minimum atomic E-state index is -0.130. The molecule has 3 aromatic rings. The summed E-state index contributed by atoms with van der Waals surface area (Å²) in [5, 5.41) is 21.8. The van der Waals surface area contributed by atoms with Gasteiger partial charge in [0.15, 0.2) is 5.82 Å². The predicted octanol–water partition coefficient (Wildman–Crippen LogP) is 0.600. The Hall–Kier alpha value is -3.30. The number of carbonyl (C=O) groups excluding carboxylic acids is 1. The Morgan fingerprint density at radius 1 is 1.33 bits per heavy atom. The summed E-state index contributed by atoms with van der Waals surface area (Å²) in [6, 6.07) is 5.27. The Labute approximate surface area is 137 Å². The first-order valence-corrected chi connectivity index (χ1v) is 7.24. The second-order valence-corrected chi connectivity index (χ2v) is 4.99. The van der Waals surface area contributed by atoms with Gasteiger partial charge in [-0.3, -0.25) is 9.48 Å². The molecule has 0 bridgehead atoms. The average Bonchev–Trinajstić information content (AvgIpc) is 3.24. The maximum Gasteiger partial charge on any atom is 0.226 e. The van der Waals surface area contributed by atoms with E-state index in [4.69, 9.17) is 4.74 Å². The first kappa shape index (κ1) is 15.6. The number of tetrazole rings is 1. The number of nitrogens with zero attached hydrogens (tertiary/aromatic N) is 7. The molecule has 0 aliphatic rings. The van der Waals surface area contributed by atoms with Gasteiger partial charge in [-0.15, -0.1) is 10.2 Å². The summed E-state index contributed by atoms with van der Waals surface area (Å²) >= 11 is 0. The lowest BCUT2D eigenvalue weighted by Crippen LogP contribution is -2.15. The lowest BCUT2D eigenvalue weighted by atomic mass is 10.2. The fraction of sp³-hybridized carbons (Fsp3) is 0.286. The molecule has 1 amide bonds. The van der Waals surface area contributed by atoms with Crippen LogP contribution in [0.1, 0.15) is 12.2 Å². The van der Waals surface area contributed by atoms with Crippen LogP contribution in [0.15, 0.2) is 30.6 Å². The number of carbonyl (C=O) groups is 1. The van der Waals surface area contributed by atoms with Crippen LogP contribution in [0.2, 0.25) is 0 Å². The zero-order valence-corrected chi connectivity index (χ0v) is 13.2. The third-order valence-corrected chi connectivity index (χ3v) is 3.36. The van der Waals surface area contributed by atoms with Gasteiger partial charge in [-0.05, 0) is 35.5 Å². The minimum Gasteiger partial charge on any atom is -0.494 e. The van der Waals surface area contributed by atoms with Gasteiger partial charge in [0, 0.05) is 18.3 Å². The van der Waals surface area contributed by atoms with Gasteiger partial charge >= 0.3 is 0 Å². The SMILES string of the molecule is COc1ccc(NC(=O)CCn2ccnn2)cc1-n1nnnc1C. The van der Waals surface area contributed by atoms with Gasteiger partial charge in [0.05, 0.1) is 19.9 Å². The molecule has 2 heterocycles. The van der Waals surface area contributed by atoms with E-state index in [0.29, 0.717) is 29.5 Å². The second kappa shape index (κ2) is 6.86. The van der Waals surface area contributed by atoms with Crippen molar-refractivity contribution in [2.24, 2.45) is 0 Å². The predicted molar refractivity (Wildman–Crippen MR) is 83.7 cm³/mol. The number of nitrogens with one attached hydrogen (secondary N) is 1. The van der Waals surface area contributed by atoms with Crippen LogP contribution >= 0.6 is 0 Å². The number of rotatable bonds is 6. The molecule has 0 radical (unpaired) electrons. The van der Waals surface area contributed by atoms with Crippen LogP contribution in [0.5, 0.6) is 5.75 Å². The van der Waals surface area contributed by atoms with Crippen molar-refractivity contribution in [3.05, 3.63) is 36.4 Å². The molecule has 0 aliphatic carbocycles. The smallest absolute Gasteiger partial charge is 0.226 e. The van der Waals surface area contributed by atoms with Gasteiger partial charge < -0.3 is 10.1 Å². The molecule has 0 fully saturated rings. The number of aryl methyl sites for hydroxylation is 2. The molecular formula is C14H16N8O2. The molecule has 24 heavy (non-hydrogen) atoms. The summed E-state index contributed by atoms with van der Waals surface area (Å²) < 4.78 is 8.48. The Morgan fingerprint density at radius 3 is 2.88 bits per heavy atom. The van der Waals surface area contributed by atoms with Crippen molar-refractivity contribution >= 4 is 11.6 Å². The molecular weight excluding hydrogens is 312 g/mol. The number of benzene rings is 1. The molecule has 2 aromatic heterocycles. The van der Waals surface area contributed by atoms with E-state index in [-0.39, 0.29) is 12.3 Å². The Bertz CT molecular complexity index is 827. The van der Waals surface area contributed by atoms with Crippen molar-refractivity contribution in [2.75, 3.05) is 12.4 Å². The highest BCUT2D eigenvalue weighted by atomic mass is 16.5. The molecule has 10 heteroatoms. The third kappa shape index (κ3) is 3.37. The van der Waals surface area contributed by atoms with Crippen molar-refractivity contribution in [3.63, 3.8) is 0 Å². The van der Waals surface area contributed by atoms with Gasteiger partial charge in [-0.1, -0.05) is 5.21 Å². The van der Waals surface area contributed by atoms with E-state index in [2.05, 4.69) is 31.2 Å². The van der Waals surface area contributed by atoms with E-state index in [0.717, 1.165) is 0 Å². The Kier molecular flexibility index (Phi) is 4.45. The first-order chi connectivity index (χ1) is 11.7. The van der Waals surface area contributed by atoms with Gasteiger partial charge in [0.1, 0.15) is 11.4 Å².